The van der Waals surface area contributed by atoms with Gasteiger partial charge in [0.15, 0.2) is 0 Å². The number of rotatable bonds is 0. The fourth-order valence-electron chi connectivity index (χ4n) is 2.96. The van der Waals surface area contributed by atoms with Crippen molar-refractivity contribution in [1.29, 1.82) is 0 Å². The topological polar surface area (TPSA) is 40.5 Å². The quantitative estimate of drug-likeness (QED) is 0.575. The second-order valence-electron chi connectivity index (χ2n) is 4.70. The molecule has 2 nitrogen and oxygen atoms in total. The molecule has 2 aliphatic rings. The maximum Gasteiger partial charge on any atom is 0.0646 e. The Labute approximate surface area is 73.6 Å². The summed E-state index contributed by atoms with van der Waals surface area (Å²) >= 11 is 0. The molecule has 0 saturated heterocycles. The van der Waals surface area contributed by atoms with Gasteiger partial charge in [-0.15, -0.1) is 0 Å². The third-order valence-electron chi connectivity index (χ3n) is 3.98. The highest BCUT2D eigenvalue weighted by Gasteiger charge is 2.49. The Morgan fingerprint density at radius 3 is 2.58 bits per heavy atom. The van der Waals surface area contributed by atoms with Crippen LogP contribution in [0.3, 0.4) is 0 Å². The van der Waals surface area contributed by atoms with Crippen molar-refractivity contribution < 1.29 is 10.2 Å². The highest BCUT2D eigenvalue weighted by molar-refractivity contribution is 4.99. The van der Waals surface area contributed by atoms with Crippen LogP contribution in [-0.2, 0) is 0 Å². The van der Waals surface area contributed by atoms with Crippen LogP contribution in [0, 0.1) is 11.3 Å². The highest BCUT2D eigenvalue weighted by Crippen LogP contribution is 2.48. The molecule has 2 heteroatoms. The lowest BCUT2D eigenvalue weighted by atomic mass is 9.59. The molecule has 2 fully saturated rings. The zero-order valence-corrected chi connectivity index (χ0v) is 7.66. The average molecular weight is 170 g/mol. The second kappa shape index (κ2) is 2.71. The molecule has 2 saturated carbocycles. The summed E-state index contributed by atoms with van der Waals surface area (Å²) < 4.78 is 0. The predicted molar refractivity (Wildman–Crippen MR) is 46.7 cm³/mol. The van der Waals surface area contributed by atoms with Crippen LogP contribution in [0.25, 0.3) is 0 Å². The van der Waals surface area contributed by atoms with Gasteiger partial charge in [0.2, 0.25) is 0 Å². The van der Waals surface area contributed by atoms with Crippen molar-refractivity contribution in [2.45, 2.75) is 51.2 Å². The normalized spacial score (nSPS) is 53.8. The van der Waals surface area contributed by atoms with Crippen molar-refractivity contribution in [1.82, 2.24) is 0 Å². The summed E-state index contributed by atoms with van der Waals surface area (Å²) in [7, 11) is 0. The van der Waals surface area contributed by atoms with Gasteiger partial charge in [-0.05, 0) is 31.6 Å². The molecule has 0 spiro atoms. The standard InChI is InChI=1S/C10H18O2/c1-10-6-2-3-7(9(10)12)4-5-8(10)11/h7-9,11-12H,2-6H2,1H3/t7-,8-,9+,10+/m0/s1. The van der Waals surface area contributed by atoms with E-state index in [9.17, 15) is 10.2 Å². The summed E-state index contributed by atoms with van der Waals surface area (Å²) in [4.78, 5) is 0. The van der Waals surface area contributed by atoms with Gasteiger partial charge < -0.3 is 10.2 Å². The maximum absolute atomic E-state index is 9.96. The minimum atomic E-state index is -0.274. The van der Waals surface area contributed by atoms with Gasteiger partial charge in [0.1, 0.15) is 0 Å². The molecule has 0 radical (unpaired) electrons. The Morgan fingerprint density at radius 1 is 1.17 bits per heavy atom. The molecular formula is C10H18O2. The van der Waals surface area contributed by atoms with Gasteiger partial charge in [-0.2, -0.15) is 0 Å². The van der Waals surface area contributed by atoms with E-state index >= 15 is 0 Å². The van der Waals surface area contributed by atoms with Gasteiger partial charge in [-0.25, -0.2) is 0 Å². The highest BCUT2D eigenvalue weighted by atomic mass is 16.3. The summed E-state index contributed by atoms with van der Waals surface area (Å²) in [5.74, 6) is 0.465. The minimum Gasteiger partial charge on any atom is -0.392 e. The van der Waals surface area contributed by atoms with Crippen LogP contribution in [0.4, 0.5) is 0 Å². The first-order chi connectivity index (χ1) is 5.64. The van der Waals surface area contributed by atoms with E-state index in [1.54, 1.807) is 0 Å². The monoisotopic (exact) mass is 170 g/mol. The molecule has 0 aliphatic heterocycles. The molecule has 2 rings (SSSR count). The summed E-state index contributed by atoms with van der Waals surface area (Å²) in [5, 5.41) is 19.7. The van der Waals surface area contributed by atoms with E-state index in [2.05, 4.69) is 0 Å². The van der Waals surface area contributed by atoms with Crippen molar-refractivity contribution in [3.05, 3.63) is 0 Å². The van der Waals surface area contributed by atoms with Crippen LogP contribution in [0.15, 0.2) is 0 Å². The van der Waals surface area contributed by atoms with E-state index in [-0.39, 0.29) is 17.6 Å². The van der Waals surface area contributed by atoms with Crippen LogP contribution < -0.4 is 0 Å². The van der Waals surface area contributed by atoms with Crippen molar-refractivity contribution in [2.75, 3.05) is 0 Å². The largest absolute Gasteiger partial charge is 0.392 e. The van der Waals surface area contributed by atoms with Gasteiger partial charge in [0.05, 0.1) is 12.2 Å². The van der Waals surface area contributed by atoms with Crippen LogP contribution in [-0.4, -0.2) is 22.4 Å². The van der Waals surface area contributed by atoms with Gasteiger partial charge >= 0.3 is 0 Å². The number of hydrogen-bond acceptors (Lipinski definition) is 2. The molecule has 2 aliphatic carbocycles. The van der Waals surface area contributed by atoms with Crippen LogP contribution in [0.1, 0.15) is 39.0 Å². The Morgan fingerprint density at radius 2 is 1.92 bits per heavy atom. The number of hydrogen-bond donors (Lipinski definition) is 2. The first-order valence-corrected chi connectivity index (χ1v) is 5.01. The molecule has 0 amide bonds. The smallest absolute Gasteiger partial charge is 0.0646 e. The Balaban J connectivity index is 2.23. The van der Waals surface area contributed by atoms with Crippen LogP contribution in [0.5, 0.6) is 0 Å². The zero-order valence-electron chi connectivity index (χ0n) is 7.66. The number of aliphatic hydroxyl groups excluding tert-OH is 2. The summed E-state index contributed by atoms with van der Waals surface area (Å²) in [6.45, 7) is 2.04. The molecule has 0 aromatic heterocycles. The van der Waals surface area contributed by atoms with E-state index in [0.717, 1.165) is 25.7 Å². The van der Waals surface area contributed by atoms with E-state index in [1.807, 2.05) is 6.92 Å². The molecule has 2 N–H and O–H groups in total. The predicted octanol–water partition coefficient (Wildman–Crippen LogP) is 1.31. The van der Waals surface area contributed by atoms with E-state index in [0.29, 0.717) is 5.92 Å². The third kappa shape index (κ3) is 1.01. The molecule has 12 heavy (non-hydrogen) atoms. The van der Waals surface area contributed by atoms with E-state index < -0.39 is 0 Å². The first-order valence-electron chi connectivity index (χ1n) is 5.01. The van der Waals surface area contributed by atoms with Gasteiger partial charge in [0.25, 0.3) is 0 Å². The maximum atomic E-state index is 9.96. The van der Waals surface area contributed by atoms with Crippen LogP contribution >= 0.6 is 0 Å². The number of aliphatic hydroxyl groups is 2. The lowest BCUT2D eigenvalue weighted by molar-refractivity contribution is -0.142. The summed E-state index contributed by atoms with van der Waals surface area (Å²) in [6.07, 6.45) is 4.69. The second-order valence-corrected chi connectivity index (χ2v) is 4.70. The summed E-state index contributed by atoms with van der Waals surface area (Å²) in [6, 6.07) is 0. The van der Waals surface area contributed by atoms with Crippen molar-refractivity contribution in [3.63, 3.8) is 0 Å². The molecular weight excluding hydrogens is 152 g/mol. The van der Waals surface area contributed by atoms with E-state index in [1.165, 1.54) is 6.42 Å². The molecule has 4 atom stereocenters. The van der Waals surface area contributed by atoms with Gasteiger partial charge in [-0.1, -0.05) is 13.3 Å². The summed E-state index contributed by atoms with van der Waals surface area (Å²) in [5.41, 5.74) is -0.193. The minimum absolute atomic E-state index is 0.193. The zero-order chi connectivity index (χ0) is 8.77. The molecule has 70 valence electrons. The lowest BCUT2D eigenvalue weighted by Gasteiger charge is -2.50. The van der Waals surface area contributed by atoms with Crippen LogP contribution in [0.2, 0.25) is 0 Å². The Hall–Kier alpha value is -0.0800. The van der Waals surface area contributed by atoms with Gasteiger partial charge in [0, 0.05) is 5.41 Å². The lowest BCUT2D eigenvalue weighted by Crippen LogP contribution is -2.52. The first kappa shape index (κ1) is 8.52. The number of fused-ring (bicyclic) bond motifs is 2. The molecule has 0 unspecified atom stereocenters. The fraction of sp³-hybridized carbons (Fsp3) is 1.00. The average Bonchev–Trinajstić information content (AvgIpc) is 2.04. The van der Waals surface area contributed by atoms with Crippen molar-refractivity contribution in [2.24, 2.45) is 11.3 Å². The molecule has 0 aromatic rings. The SMILES string of the molecule is C[C@@]12CCC[C@@H](CC[C@@H]1O)[C@H]2O. The van der Waals surface area contributed by atoms with E-state index in [4.69, 9.17) is 0 Å². The molecule has 0 heterocycles. The fourth-order valence-corrected chi connectivity index (χ4v) is 2.96. The van der Waals surface area contributed by atoms with Crippen molar-refractivity contribution >= 4 is 0 Å². The third-order valence-corrected chi connectivity index (χ3v) is 3.98. The molecule has 2 bridgehead atoms. The molecule has 0 aromatic carbocycles. The Bertz CT molecular complexity index is 179. The van der Waals surface area contributed by atoms with Crippen molar-refractivity contribution in [3.8, 4) is 0 Å². The Kier molecular flexibility index (Phi) is 1.92. The van der Waals surface area contributed by atoms with Gasteiger partial charge in [-0.3, -0.25) is 0 Å².